The maximum atomic E-state index is 10.3. The van der Waals surface area contributed by atoms with E-state index in [0.29, 0.717) is 12.3 Å². The van der Waals surface area contributed by atoms with Crippen LogP contribution < -0.4 is 4.90 Å². The first-order chi connectivity index (χ1) is 5.68. The smallest absolute Gasteiger partial charge is 0.303 e. The fraction of sp³-hybridized carbons (Fsp3) is 0.778. The molecule has 0 radical (unpaired) electrons. The van der Waals surface area contributed by atoms with Crippen LogP contribution in [0, 0.1) is 13.0 Å². The molecule has 0 bridgehead atoms. The zero-order valence-electron chi connectivity index (χ0n) is 7.38. The van der Waals surface area contributed by atoms with E-state index in [-0.39, 0.29) is 0 Å². The van der Waals surface area contributed by atoms with Crippen LogP contribution in [0.2, 0.25) is 0 Å². The van der Waals surface area contributed by atoms with Gasteiger partial charge in [0.2, 0.25) is 0 Å². The van der Waals surface area contributed by atoms with Gasteiger partial charge in [-0.3, -0.25) is 4.79 Å². The van der Waals surface area contributed by atoms with Crippen molar-refractivity contribution in [3.05, 3.63) is 7.05 Å². The first-order valence-corrected chi connectivity index (χ1v) is 4.57. The summed E-state index contributed by atoms with van der Waals surface area (Å²) in [5.41, 5.74) is 0. The van der Waals surface area contributed by atoms with Crippen molar-refractivity contribution in [2.24, 2.45) is 5.92 Å². The normalized spacial score (nSPS) is 30.1. The minimum absolute atomic E-state index is 0.330. The minimum atomic E-state index is -0.667. The molecule has 0 aromatic heterocycles. The predicted octanol–water partition coefficient (Wildman–Crippen LogP) is -0.0623. The van der Waals surface area contributed by atoms with E-state index in [1.54, 1.807) is 0 Å². The Morgan fingerprint density at radius 1 is 1.50 bits per heavy atom. The zero-order chi connectivity index (χ0) is 8.97. The number of carbonyl (C=O) groups is 1. The third-order valence-corrected chi connectivity index (χ3v) is 2.58. The number of carboxylic acids is 1. The van der Waals surface area contributed by atoms with Crippen LogP contribution in [0.15, 0.2) is 0 Å². The van der Waals surface area contributed by atoms with Crippen molar-refractivity contribution < 1.29 is 14.8 Å². The summed E-state index contributed by atoms with van der Waals surface area (Å²) in [4.78, 5) is 11.6. The highest BCUT2D eigenvalue weighted by Crippen LogP contribution is 2.15. The van der Waals surface area contributed by atoms with E-state index < -0.39 is 5.97 Å². The molecular weight excluding hydrogens is 154 g/mol. The first kappa shape index (κ1) is 9.52. The van der Waals surface area contributed by atoms with Gasteiger partial charge < -0.3 is 10.0 Å². The van der Waals surface area contributed by atoms with E-state index in [0.717, 1.165) is 32.4 Å². The fourth-order valence-electron chi connectivity index (χ4n) is 1.70. The van der Waals surface area contributed by atoms with Crippen molar-refractivity contribution >= 4 is 5.97 Å². The molecule has 1 heterocycles. The number of carboxylic acid groups (broad SMARTS) is 1. The molecule has 0 saturated carbocycles. The number of likely N-dealkylation sites (tertiary alicyclic amines) is 1. The summed E-state index contributed by atoms with van der Waals surface area (Å²) in [6.07, 6.45) is 3.47. The number of hydrogen-bond donors (Lipinski definition) is 2. The van der Waals surface area contributed by atoms with Crippen LogP contribution in [0.4, 0.5) is 0 Å². The molecule has 1 aliphatic heterocycles. The Morgan fingerprint density at radius 2 is 2.08 bits per heavy atom. The lowest BCUT2D eigenvalue weighted by Gasteiger charge is -2.30. The largest absolute Gasteiger partial charge is 0.481 e. The Labute approximate surface area is 73.4 Å². The summed E-state index contributed by atoms with van der Waals surface area (Å²) in [7, 11) is 3.93. The van der Waals surface area contributed by atoms with Crippen LogP contribution in [0.25, 0.3) is 0 Å². The molecule has 0 aromatic carbocycles. The molecule has 0 atom stereocenters. The van der Waals surface area contributed by atoms with Crippen molar-refractivity contribution in [2.75, 3.05) is 13.1 Å². The summed E-state index contributed by atoms with van der Waals surface area (Å²) in [5, 5.41) is 8.48. The number of piperidine rings is 1. The van der Waals surface area contributed by atoms with Crippen LogP contribution in [-0.4, -0.2) is 24.2 Å². The van der Waals surface area contributed by atoms with Crippen molar-refractivity contribution in [2.45, 2.75) is 25.7 Å². The van der Waals surface area contributed by atoms with Crippen molar-refractivity contribution in [1.29, 1.82) is 0 Å². The number of aliphatic carboxylic acids is 1. The van der Waals surface area contributed by atoms with E-state index in [4.69, 9.17) is 5.11 Å². The summed E-state index contributed by atoms with van der Waals surface area (Å²) in [6.45, 7) is 2.20. The maximum absolute atomic E-state index is 10.3. The number of nitrogens with one attached hydrogen (secondary N) is 1. The van der Waals surface area contributed by atoms with Gasteiger partial charge in [0.1, 0.15) is 0 Å². The number of quaternary nitrogens is 1. The second-order valence-electron chi connectivity index (χ2n) is 3.63. The molecule has 1 fully saturated rings. The van der Waals surface area contributed by atoms with Gasteiger partial charge in [0.15, 0.2) is 0 Å². The second kappa shape index (κ2) is 4.45. The fourth-order valence-corrected chi connectivity index (χ4v) is 1.70. The van der Waals surface area contributed by atoms with E-state index in [1.165, 1.54) is 4.90 Å². The Balaban J connectivity index is 2.13. The Bertz CT molecular complexity index is 151. The van der Waals surface area contributed by atoms with Gasteiger partial charge in [-0.25, -0.2) is 0 Å². The molecule has 70 valence electrons. The summed E-state index contributed by atoms with van der Waals surface area (Å²) >= 11 is 0. The van der Waals surface area contributed by atoms with E-state index in [2.05, 4.69) is 7.05 Å². The van der Waals surface area contributed by atoms with Crippen LogP contribution in [-0.2, 0) is 4.79 Å². The molecule has 12 heavy (non-hydrogen) atoms. The van der Waals surface area contributed by atoms with Crippen molar-refractivity contribution in [1.82, 2.24) is 0 Å². The monoisotopic (exact) mass is 171 g/mol. The Kier molecular flexibility index (Phi) is 3.53. The average Bonchev–Trinajstić information content (AvgIpc) is 2.03. The van der Waals surface area contributed by atoms with Gasteiger partial charge in [-0.05, 0) is 25.2 Å². The zero-order valence-corrected chi connectivity index (χ0v) is 7.38. The highest BCUT2D eigenvalue weighted by molar-refractivity contribution is 5.66. The molecule has 1 saturated heterocycles. The highest BCUT2D eigenvalue weighted by atomic mass is 16.4. The molecule has 0 unspecified atom stereocenters. The van der Waals surface area contributed by atoms with Gasteiger partial charge in [-0.1, -0.05) is 0 Å². The minimum Gasteiger partial charge on any atom is -0.481 e. The van der Waals surface area contributed by atoms with E-state index in [9.17, 15) is 4.79 Å². The third-order valence-electron chi connectivity index (χ3n) is 2.58. The molecule has 2 N–H and O–H groups in total. The van der Waals surface area contributed by atoms with Crippen LogP contribution >= 0.6 is 0 Å². The molecule has 1 rings (SSSR count). The predicted molar refractivity (Wildman–Crippen MR) is 45.6 cm³/mol. The van der Waals surface area contributed by atoms with E-state index in [1.807, 2.05) is 0 Å². The van der Waals surface area contributed by atoms with Crippen molar-refractivity contribution in [3.8, 4) is 0 Å². The average molecular weight is 171 g/mol. The molecule has 3 nitrogen and oxygen atoms in total. The molecule has 3 heteroatoms. The number of hydrogen-bond acceptors (Lipinski definition) is 1. The first-order valence-electron chi connectivity index (χ1n) is 4.57. The van der Waals surface area contributed by atoms with Gasteiger partial charge in [0.05, 0.1) is 13.1 Å². The summed E-state index contributed by atoms with van der Waals surface area (Å²) in [5.74, 6) is -0.0361. The highest BCUT2D eigenvalue weighted by Gasteiger charge is 2.17. The summed E-state index contributed by atoms with van der Waals surface area (Å²) in [6, 6.07) is 0. The Hall–Kier alpha value is -0.570. The van der Waals surface area contributed by atoms with Gasteiger partial charge in [0, 0.05) is 6.42 Å². The maximum Gasteiger partial charge on any atom is 0.303 e. The lowest BCUT2D eigenvalue weighted by molar-refractivity contribution is -0.860. The molecule has 0 spiro atoms. The van der Waals surface area contributed by atoms with Crippen LogP contribution in [0.5, 0.6) is 0 Å². The lowest BCUT2D eigenvalue weighted by atomic mass is 9.92. The number of rotatable bonds is 3. The van der Waals surface area contributed by atoms with Crippen LogP contribution in [0.3, 0.4) is 0 Å². The Morgan fingerprint density at radius 3 is 2.58 bits per heavy atom. The third kappa shape index (κ3) is 3.22. The SMILES string of the molecule is [CH2-][NH+]1CCC(CCC(=O)O)CC1. The van der Waals surface area contributed by atoms with E-state index >= 15 is 0 Å². The standard InChI is InChI=1S/C9H17NO2/c1-10-6-4-8(5-7-10)2-3-9(11)12/h8,10H,1-7H2,(H,11,12). The molecular formula is C9H17NO2. The molecule has 0 aromatic rings. The van der Waals surface area contributed by atoms with Gasteiger partial charge in [-0.15, -0.1) is 0 Å². The summed E-state index contributed by atoms with van der Waals surface area (Å²) < 4.78 is 0. The van der Waals surface area contributed by atoms with Gasteiger partial charge in [0.25, 0.3) is 0 Å². The quantitative estimate of drug-likeness (QED) is 0.584. The molecule has 0 aliphatic carbocycles. The topological polar surface area (TPSA) is 41.7 Å². The molecule has 0 amide bonds. The van der Waals surface area contributed by atoms with Crippen LogP contribution in [0.1, 0.15) is 25.7 Å². The van der Waals surface area contributed by atoms with Gasteiger partial charge >= 0.3 is 5.97 Å². The molecule has 1 aliphatic rings. The van der Waals surface area contributed by atoms with Crippen molar-refractivity contribution in [3.63, 3.8) is 0 Å². The second-order valence-corrected chi connectivity index (χ2v) is 3.63. The van der Waals surface area contributed by atoms with Gasteiger partial charge in [-0.2, -0.15) is 7.05 Å². The lowest BCUT2D eigenvalue weighted by Crippen LogP contribution is -3.08.